The van der Waals surface area contributed by atoms with Crippen LogP contribution in [0.15, 0.2) is 115 Å². The molecule has 6 aromatic rings. The Bertz CT molecular complexity index is 1480. The van der Waals surface area contributed by atoms with Gasteiger partial charge in [0.2, 0.25) is 0 Å². The largest absolute Gasteiger partial charge is 0.294 e. The minimum atomic E-state index is 0.915. The quantitative estimate of drug-likeness (QED) is 0.325. The van der Waals surface area contributed by atoms with Crippen molar-refractivity contribution in [3.63, 3.8) is 0 Å². The summed E-state index contributed by atoms with van der Waals surface area (Å²) in [4.78, 5) is 9.55. The van der Waals surface area contributed by atoms with Crippen LogP contribution in [0.5, 0.6) is 0 Å². The molecule has 0 fully saturated rings. The van der Waals surface area contributed by atoms with Gasteiger partial charge in [-0.25, -0.2) is 4.98 Å². The molecule has 3 aromatic heterocycles. The summed E-state index contributed by atoms with van der Waals surface area (Å²) in [6, 6.07) is 37.6. The highest BCUT2D eigenvalue weighted by Crippen LogP contribution is 2.32. The highest BCUT2D eigenvalue weighted by Gasteiger charge is 2.13. The summed E-state index contributed by atoms with van der Waals surface area (Å²) in [5, 5.41) is 2.48. The molecular weight excluding hydrogens is 378 g/mol. The van der Waals surface area contributed by atoms with Gasteiger partial charge < -0.3 is 0 Å². The molecule has 0 aliphatic rings. The van der Waals surface area contributed by atoms with Crippen molar-refractivity contribution in [2.24, 2.45) is 0 Å². The first-order valence-electron chi connectivity index (χ1n) is 10.4. The zero-order valence-electron chi connectivity index (χ0n) is 16.8. The van der Waals surface area contributed by atoms with Gasteiger partial charge >= 0.3 is 0 Å². The van der Waals surface area contributed by atoms with E-state index in [-0.39, 0.29) is 0 Å². The molecule has 3 heterocycles. The van der Waals surface area contributed by atoms with E-state index in [1.165, 1.54) is 10.8 Å². The summed E-state index contributed by atoms with van der Waals surface area (Å²) in [5.41, 5.74) is 6.39. The molecule has 0 saturated carbocycles. The van der Waals surface area contributed by atoms with Crippen LogP contribution in [-0.2, 0) is 0 Å². The van der Waals surface area contributed by atoms with Crippen molar-refractivity contribution < 1.29 is 0 Å². The first-order valence-corrected chi connectivity index (χ1v) is 10.4. The van der Waals surface area contributed by atoms with Crippen LogP contribution in [0.4, 0.5) is 0 Å². The monoisotopic (exact) mass is 397 g/mol. The maximum atomic E-state index is 5.06. The second kappa shape index (κ2) is 7.22. The third-order valence-electron chi connectivity index (χ3n) is 5.66. The van der Waals surface area contributed by atoms with Crippen molar-refractivity contribution in [2.75, 3.05) is 0 Å². The van der Waals surface area contributed by atoms with E-state index in [1.807, 2.05) is 24.4 Å². The fourth-order valence-corrected chi connectivity index (χ4v) is 4.25. The summed E-state index contributed by atoms with van der Waals surface area (Å²) < 4.78 is 2.25. The van der Waals surface area contributed by atoms with Gasteiger partial charge in [-0.05, 0) is 42.5 Å². The predicted octanol–water partition coefficient (Wildman–Crippen LogP) is 6.91. The van der Waals surface area contributed by atoms with Crippen LogP contribution >= 0.6 is 0 Å². The fraction of sp³-hybridized carbons (Fsp3) is 0. The van der Waals surface area contributed by atoms with E-state index in [9.17, 15) is 0 Å². The Morgan fingerprint density at radius 1 is 0.516 bits per heavy atom. The van der Waals surface area contributed by atoms with Gasteiger partial charge in [0.1, 0.15) is 5.82 Å². The van der Waals surface area contributed by atoms with Crippen molar-refractivity contribution in [2.45, 2.75) is 0 Å². The molecule has 31 heavy (non-hydrogen) atoms. The number of benzene rings is 3. The number of pyridine rings is 2. The fourth-order valence-electron chi connectivity index (χ4n) is 4.25. The average molecular weight is 397 g/mol. The Balaban J connectivity index is 1.53. The number of aromatic nitrogens is 3. The van der Waals surface area contributed by atoms with Crippen LogP contribution in [0.25, 0.3) is 50.1 Å². The summed E-state index contributed by atoms with van der Waals surface area (Å²) in [7, 11) is 0. The van der Waals surface area contributed by atoms with Crippen LogP contribution in [0, 0.1) is 0 Å². The summed E-state index contributed by atoms with van der Waals surface area (Å²) in [6.07, 6.45) is 1.82. The maximum absolute atomic E-state index is 5.06. The Labute approximate surface area is 180 Å². The van der Waals surface area contributed by atoms with Gasteiger partial charge in [0.25, 0.3) is 0 Å². The lowest BCUT2D eigenvalue weighted by Gasteiger charge is -2.10. The van der Waals surface area contributed by atoms with Crippen LogP contribution in [-0.4, -0.2) is 14.5 Å². The minimum absolute atomic E-state index is 0.915. The Hall–Kier alpha value is -4.24. The zero-order chi connectivity index (χ0) is 20.6. The Kier molecular flexibility index (Phi) is 4.10. The van der Waals surface area contributed by atoms with Gasteiger partial charge in [-0.1, -0.05) is 66.7 Å². The summed E-state index contributed by atoms with van der Waals surface area (Å²) in [6.45, 7) is 0. The molecule has 146 valence electrons. The first kappa shape index (κ1) is 17.6. The first-order chi connectivity index (χ1) is 15.4. The van der Waals surface area contributed by atoms with Crippen LogP contribution in [0.1, 0.15) is 0 Å². The van der Waals surface area contributed by atoms with Gasteiger partial charge in [0.15, 0.2) is 0 Å². The molecule has 3 aromatic carbocycles. The second-order valence-corrected chi connectivity index (χ2v) is 7.55. The van der Waals surface area contributed by atoms with Crippen molar-refractivity contribution in [3.8, 4) is 28.3 Å². The van der Waals surface area contributed by atoms with E-state index in [2.05, 4.69) is 101 Å². The van der Waals surface area contributed by atoms with E-state index in [0.717, 1.165) is 39.4 Å². The van der Waals surface area contributed by atoms with Crippen LogP contribution in [0.3, 0.4) is 0 Å². The van der Waals surface area contributed by atoms with Gasteiger partial charge in [-0.15, -0.1) is 0 Å². The van der Waals surface area contributed by atoms with E-state index in [1.54, 1.807) is 0 Å². The van der Waals surface area contributed by atoms with E-state index >= 15 is 0 Å². The number of nitrogens with zero attached hydrogens (tertiary/aromatic N) is 3. The highest BCUT2D eigenvalue weighted by molar-refractivity contribution is 6.09. The Morgan fingerprint density at radius 3 is 1.84 bits per heavy atom. The lowest BCUT2D eigenvalue weighted by molar-refractivity contribution is 1.08. The Morgan fingerprint density at radius 2 is 1.13 bits per heavy atom. The average Bonchev–Trinajstić information content (AvgIpc) is 3.19. The number of hydrogen-bond donors (Lipinski definition) is 0. The normalized spacial score (nSPS) is 11.2. The molecule has 0 spiro atoms. The zero-order valence-corrected chi connectivity index (χ0v) is 16.8. The van der Waals surface area contributed by atoms with Crippen molar-refractivity contribution >= 4 is 21.8 Å². The molecule has 0 radical (unpaired) electrons. The maximum Gasteiger partial charge on any atom is 0.138 e. The second-order valence-electron chi connectivity index (χ2n) is 7.55. The molecule has 0 unspecified atom stereocenters. The third-order valence-corrected chi connectivity index (χ3v) is 5.66. The number of fused-ring (bicyclic) bond motifs is 3. The molecule has 0 aliphatic heterocycles. The summed E-state index contributed by atoms with van der Waals surface area (Å²) >= 11 is 0. The minimum Gasteiger partial charge on any atom is -0.294 e. The number of rotatable bonds is 3. The highest BCUT2D eigenvalue weighted by atomic mass is 15.1. The molecule has 0 saturated heterocycles. The molecule has 0 bridgehead atoms. The van der Waals surface area contributed by atoms with Gasteiger partial charge in [0.05, 0.1) is 22.4 Å². The van der Waals surface area contributed by atoms with Crippen molar-refractivity contribution in [1.29, 1.82) is 0 Å². The molecule has 6 rings (SSSR count). The van der Waals surface area contributed by atoms with Crippen molar-refractivity contribution in [1.82, 2.24) is 14.5 Å². The van der Waals surface area contributed by atoms with Gasteiger partial charge in [0, 0.05) is 28.1 Å². The standard InChI is InChI=1S/C28H19N3/c1-3-15-26-22(11-1)23-12-2-4-16-27(23)31(26)28-17-8-14-25(30-28)21-10-7-9-20(19-21)24-13-5-6-18-29-24/h1-19H. The van der Waals surface area contributed by atoms with Crippen LogP contribution < -0.4 is 0 Å². The SMILES string of the molecule is c1ccc(-c2cccc(-c3cccc(-n4c5ccccc5c5ccccc54)n3)c2)nc1. The lowest BCUT2D eigenvalue weighted by Crippen LogP contribution is -1.98. The van der Waals surface area contributed by atoms with E-state index in [4.69, 9.17) is 4.98 Å². The molecule has 0 aliphatic carbocycles. The number of para-hydroxylation sites is 2. The van der Waals surface area contributed by atoms with Crippen molar-refractivity contribution in [3.05, 3.63) is 115 Å². The molecule has 3 nitrogen and oxygen atoms in total. The molecule has 3 heteroatoms. The van der Waals surface area contributed by atoms with E-state index < -0.39 is 0 Å². The number of hydrogen-bond acceptors (Lipinski definition) is 2. The van der Waals surface area contributed by atoms with Gasteiger partial charge in [-0.3, -0.25) is 9.55 Å². The molecule has 0 amide bonds. The molecular formula is C28H19N3. The molecule has 0 atom stereocenters. The topological polar surface area (TPSA) is 30.7 Å². The molecule has 0 N–H and O–H groups in total. The predicted molar refractivity (Wildman–Crippen MR) is 127 cm³/mol. The third kappa shape index (κ3) is 2.99. The lowest BCUT2D eigenvalue weighted by atomic mass is 10.0. The van der Waals surface area contributed by atoms with Gasteiger partial charge in [-0.2, -0.15) is 0 Å². The smallest absolute Gasteiger partial charge is 0.138 e. The van der Waals surface area contributed by atoms with Crippen LogP contribution in [0.2, 0.25) is 0 Å². The van der Waals surface area contributed by atoms with E-state index in [0.29, 0.717) is 0 Å². The summed E-state index contributed by atoms with van der Waals surface area (Å²) in [5.74, 6) is 0.915.